The number of hydrogen-bond acceptors (Lipinski definition) is 6. The van der Waals surface area contributed by atoms with Crippen molar-refractivity contribution in [2.45, 2.75) is 45.3 Å². The van der Waals surface area contributed by atoms with Crippen LogP contribution < -0.4 is 21.1 Å². The van der Waals surface area contributed by atoms with Crippen LogP contribution in [0.3, 0.4) is 0 Å². The molecule has 0 spiro atoms. The Hall–Kier alpha value is -4.18. The van der Waals surface area contributed by atoms with E-state index in [1.807, 2.05) is 44.2 Å². The van der Waals surface area contributed by atoms with E-state index in [9.17, 15) is 14.4 Å². The number of amidine groups is 1. The standard InChI is InChI=1S/C28H31N5O4S/c1-17-3-8-20(9-4-17)37-21-10-6-19(7-11-21)27(35)32-16-25(34)33-18(2)5-13-23(33)28(36)31-15-22-12-14-24(38-22)26(29)30/h3-4,6-12,14,18,23H,5,13,15-16H2,1-2H3,(H3,29,30)(H,31,36)(H,32,35). The number of benzene rings is 2. The van der Waals surface area contributed by atoms with Crippen molar-refractivity contribution in [3.63, 3.8) is 0 Å². The molecule has 0 aliphatic carbocycles. The van der Waals surface area contributed by atoms with Crippen LogP contribution in [-0.2, 0) is 16.1 Å². The highest BCUT2D eigenvalue weighted by atomic mass is 32.1. The van der Waals surface area contributed by atoms with Gasteiger partial charge in [-0.1, -0.05) is 17.7 Å². The molecule has 9 nitrogen and oxygen atoms in total. The van der Waals surface area contributed by atoms with E-state index in [1.54, 1.807) is 35.2 Å². The number of ether oxygens (including phenoxy) is 1. The second-order valence-electron chi connectivity index (χ2n) is 9.26. The van der Waals surface area contributed by atoms with Gasteiger partial charge in [0, 0.05) is 16.5 Å². The Bertz CT molecular complexity index is 1320. The third-order valence-corrected chi connectivity index (χ3v) is 7.51. The molecule has 1 aliphatic heterocycles. The Kier molecular flexibility index (Phi) is 8.42. The number of thiophene rings is 1. The van der Waals surface area contributed by atoms with Gasteiger partial charge in [-0.15, -0.1) is 11.3 Å². The van der Waals surface area contributed by atoms with Crippen LogP contribution in [0.4, 0.5) is 0 Å². The van der Waals surface area contributed by atoms with Crippen molar-refractivity contribution in [3.05, 3.63) is 81.5 Å². The number of nitrogens with two attached hydrogens (primary N) is 1. The highest BCUT2D eigenvalue weighted by Crippen LogP contribution is 2.25. The average Bonchev–Trinajstić information content (AvgIpc) is 3.54. The molecule has 0 bridgehead atoms. The van der Waals surface area contributed by atoms with Crippen molar-refractivity contribution in [3.8, 4) is 11.5 Å². The summed E-state index contributed by atoms with van der Waals surface area (Å²) in [7, 11) is 0. The SMILES string of the molecule is Cc1ccc(Oc2ccc(C(=O)NCC(=O)N3C(C)CCC3C(=O)NCc3ccc(C(=N)N)s3)cc2)cc1. The van der Waals surface area contributed by atoms with Crippen LogP contribution in [0.2, 0.25) is 0 Å². The monoisotopic (exact) mass is 533 g/mol. The molecule has 5 N–H and O–H groups in total. The third-order valence-electron chi connectivity index (χ3n) is 6.40. The van der Waals surface area contributed by atoms with Gasteiger partial charge in [0.25, 0.3) is 5.91 Å². The third kappa shape index (κ3) is 6.57. The van der Waals surface area contributed by atoms with Gasteiger partial charge in [-0.05, 0) is 75.2 Å². The molecule has 4 rings (SSSR count). The first-order valence-corrected chi connectivity index (χ1v) is 13.2. The van der Waals surface area contributed by atoms with Gasteiger partial charge in [-0.2, -0.15) is 0 Å². The Morgan fingerprint density at radius 3 is 2.29 bits per heavy atom. The minimum atomic E-state index is -0.597. The zero-order chi connectivity index (χ0) is 27.2. The number of nitrogens with zero attached hydrogens (tertiary/aromatic N) is 1. The maximum atomic E-state index is 13.0. The van der Waals surface area contributed by atoms with Crippen molar-refractivity contribution in [1.29, 1.82) is 5.41 Å². The lowest BCUT2D eigenvalue weighted by atomic mass is 10.2. The summed E-state index contributed by atoms with van der Waals surface area (Å²) in [5, 5.41) is 13.1. The molecular formula is C28H31N5O4S. The number of hydrogen-bond donors (Lipinski definition) is 4. The second kappa shape index (κ2) is 11.9. The number of carbonyl (C=O) groups is 3. The average molecular weight is 534 g/mol. The fourth-order valence-corrected chi connectivity index (χ4v) is 5.15. The molecule has 1 saturated heterocycles. The van der Waals surface area contributed by atoms with Gasteiger partial charge in [-0.25, -0.2) is 0 Å². The number of aryl methyl sites for hydroxylation is 1. The van der Waals surface area contributed by atoms with E-state index in [-0.39, 0.29) is 36.1 Å². The summed E-state index contributed by atoms with van der Waals surface area (Å²) in [6.07, 6.45) is 1.26. The van der Waals surface area contributed by atoms with E-state index in [0.29, 0.717) is 41.3 Å². The number of carbonyl (C=O) groups excluding carboxylic acids is 3. The van der Waals surface area contributed by atoms with Crippen molar-refractivity contribution in [2.75, 3.05) is 6.54 Å². The van der Waals surface area contributed by atoms with Crippen LogP contribution in [0.5, 0.6) is 11.5 Å². The van der Waals surface area contributed by atoms with E-state index in [0.717, 1.165) is 10.4 Å². The molecule has 1 aromatic heterocycles. The van der Waals surface area contributed by atoms with E-state index in [4.69, 9.17) is 15.9 Å². The molecule has 1 aliphatic rings. The zero-order valence-corrected chi connectivity index (χ0v) is 22.1. The largest absolute Gasteiger partial charge is 0.457 e. The lowest BCUT2D eigenvalue weighted by Gasteiger charge is -2.28. The molecule has 2 atom stereocenters. The molecule has 2 aromatic carbocycles. The summed E-state index contributed by atoms with van der Waals surface area (Å²) in [5.74, 6) is 0.359. The van der Waals surface area contributed by atoms with Crippen LogP contribution in [0.25, 0.3) is 0 Å². The van der Waals surface area contributed by atoms with Gasteiger partial charge in [-0.3, -0.25) is 19.8 Å². The van der Waals surface area contributed by atoms with Crippen LogP contribution in [0, 0.1) is 12.3 Å². The molecule has 2 heterocycles. The number of likely N-dealkylation sites (tertiary alicyclic amines) is 1. The predicted octanol–water partition coefficient (Wildman–Crippen LogP) is 3.56. The number of nitrogens with one attached hydrogen (secondary N) is 3. The van der Waals surface area contributed by atoms with Crippen LogP contribution in [0.15, 0.2) is 60.7 Å². The first kappa shape index (κ1) is 26.9. The molecule has 0 radical (unpaired) electrons. The summed E-state index contributed by atoms with van der Waals surface area (Å²) in [6.45, 7) is 3.99. The fraction of sp³-hybridized carbons (Fsp3) is 0.286. The Labute approximate surface area is 225 Å². The summed E-state index contributed by atoms with van der Waals surface area (Å²) >= 11 is 1.34. The number of rotatable bonds is 9. The van der Waals surface area contributed by atoms with Gasteiger partial charge in [0.05, 0.1) is 18.0 Å². The van der Waals surface area contributed by atoms with Gasteiger partial charge >= 0.3 is 0 Å². The smallest absolute Gasteiger partial charge is 0.251 e. The summed E-state index contributed by atoms with van der Waals surface area (Å²) < 4.78 is 5.79. The number of amides is 3. The quantitative estimate of drug-likeness (QED) is 0.246. The Balaban J connectivity index is 1.29. The van der Waals surface area contributed by atoms with Crippen LogP contribution in [0.1, 0.15) is 45.4 Å². The molecule has 1 fully saturated rings. The fourth-order valence-electron chi connectivity index (χ4n) is 4.34. The molecule has 10 heteroatoms. The first-order valence-electron chi connectivity index (χ1n) is 12.4. The number of nitrogen functional groups attached to an aromatic ring is 1. The highest BCUT2D eigenvalue weighted by Gasteiger charge is 2.38. The Morgan fingerprint density at radius 2 is 1.66 bits per heavy atom. The molecule has 3 aromatic rings. The lowest BCUT2D eigenvalue weighted by Crippen LogP contribution is -2.51. The van der Waals surface area contributed by atoms with Gasteiger partial charge in [0.2, 0.25) is 11.8 Å². The minimum absolute atomic E-state index is 0.0115. The molecule has 3 amide bonds. The summed E-state index contributed by atoms with van der Waals surface area (Å²) in [4.78, 5) is 41.6. The first-order chi connectivity index (χ1) is 18.2. The highest BCUT2D eigenvalue weighted by molar-refractivity contribution is 7.14. The maximum absolute atomic E-state index is 13.0. The zero-order valence-electron chi connectivity index (χ0n) is 21.3. The van der Waals surface area contributed by atoms with Crippen molar-refractivity contribution in [1.82, 2.24) is 15.5 Å². The lowest BCUT2D eigenvalue weighted by molar-refractivity contribution is -0.139. The summed E-state index contributed by atoms with van der Waals surface area (Å²) in [6, 6.07) is 17.2. The van der Waals surface area contributed by atoms with Crippen molar-refractivity contribution < 1.29 is 19.1 Å². The molecule has 38 heavy (non-hydrogen) atoms. The van der Waals surface area contributed by atoms with Crippen LogP contribution in [-0.4, -0.2) is 47.1 Å². The van der Waals surface area contributed by atoms with Gasteiger partial charge in [0.1, 0.15) is 23.4 Å². The van der Waals surface area contributed by atoms with Crippen LogP contribution >= 0.6 is 11.3 Å². The van der Waals surface area contributed by atoms with Gasteiger partial charge < -0.3 is 26.0 Å². The topological polar surface area (TPSA) is 138 Å². The van der Waals surface area contributed by atoms with Crippen molar-refractivity contribution in [2.24, 2.45) is 5.73 Å². The Morgan fingerprint density at radius 1 is 1.00 bits per heavy atom. The normalized spacial score (nSPS) is 16.6. The molecule has 0 saturated carbocycles. The summed E-state index contributed by atoms with van der Waals surface area (Å²) in [5.41, 5.74) is 7.04. The van der Waals surface area contributed by atoms with E-state index in [2.05, 4.69) is 10.6 Å². The van der Waals surface area contributed by atoms with E-state index >= 15 is 0 Å². The molecular weight excluding hydrogens is 502 g/mol. The van der Waals surface area contributed by atoms with Crippen molar-refractivity contribution >= 4 is 34.9 Å². The maximum Gasteiger partial charge on any atom is 0.251 e. The van der Waals surface area contributed by atoms with E-state index in [1.165, 1.54) is 11.3 Å². The minimum Gasteiger partial charge on any atom is -0.457 e. The predicted molar refractivity (Wildman–Crippen MR) is 147 cm³/mol. The second-order valence-corrected chi connectivity index (χ2v) is 10.4. The van der Waals surface area contributed by atoms with E-state index < -0.39 is 6.04 Å². The molecule has 2 unspecified atom stereocenters. The van der Waals surface area contributed by atoms with Gasteiger partial charge in [0.15, 0.2) is 0 Å². The molecule has 198 valence electrons.